The number of likely N-dealkylation sites (N-methyl/N-ethyl adjacent to an activating group) is 1. The first kappa shape index (κ1) is 36.3. The van der Waals surface area contributed by atoms with E-state index in [2.05, 4.69) is 20.9 Å². The molecule has 6 rings (SSSR count). The van der Waals surface area contributed by atoms with E-state index in [1.54, 1.807) is 47.1 Å². The van der Waals surface area contributed by atoms with Crippen LogP contribution in [0.4, 0.5) is 0 Å². The van der Waals surface area contributed by atoms with E-state index in [0.717, 1.165) is 5.56 Å². The van der Waals surface area contributed by atoms with Gasteiger partial charge in [-0.3, -0.25) is 19.2 Å². The summed E-state index contributed by atoms with van der Waals surface area (Å²) in [5, 5.41) is 14.3. The molecule has 4 heterocycles. The molecule has 1 saturated heterocycles. The minimum absolute atomic E-state index is 0.0823. The highest BCUT2D eigenvalue weighted by atomic mass is 16.5. The molecule has 50 heavy (non-hydrogen) atoms. The van der Waals surface area contributed by atoms with E-state index < -0.39 is 24.0 Å². The molecule has 0 saturated carbocycles. The molecule has 0 radical (unpaired) electrons. The van der Waals surface area contributed by atoms with Crippen LogP contribution in [0.1, 0.15) is 75.0 Å². The Morgan fingerprint density at radius 1 is 0.900 bits per heavy atom. The Balaban J connectivity index is 1.44. The van der Waals surface area contributed by atoms with E-state index in [9.17, 15) is 19.2 Å². The first-order valence-corrected chi connectivity index (χ1v) is 17.5. The summed E-state index contributed by atoms with van der Waals surface area (Å²) >= 11 is 0. The molecule has 0 unspecified atom stereocenters. The molecular weight excluding hydrogens is 638 g/mol. The molecule has 268 valence electrons. The zero-order chi connectivity index (χ0) is 35.8. The third-order valence-electron chi connectivity index (χ3n) is 9.02. The van der Waals surface area contributed by atoms with Crippen LogP contribution in [0.5, 0.6) is 11.5 Å². The predicted molar refractivity (Wildman–Crippen MR) is 186 cm³/mol. The van der Waals surface area contributed by atoms with E-state index in [4.69, 9.17) is 9.47 Å². The molecule has 13 heteroatoms. The molecule has 0 spiro atoms. The van der Waals surface area contributed by atoms with Crippen molar-refractivity contribution in [1.82, 2.24) is 35.4 Å². The maximum atomic E-state index is 14.2. The molecular formula is C37H49N7O6. The second kappa shape index (κ2) is 16.6. The van der Waals surface area contributed by atoms with Gasteiger partial charge in [0.1, 0.15) is 48.5 Å². The predicted octanol–water partition coefficient (Wildman–Crippen LogP) is 3.57. The maximum absolute atomic E-state index is 14.2. The molecule has 1 aromatic heterocycles. The molecule has 4 amide bonds. The highest BCUT2D eigenvalue weighted by Gasteiger charge is 2.41. The van der Waals surface area contributed by atoms with Crippen molar-refractivity contribution in [3.63, 3.8) is 0 Å². The van der Waals surface area contributed by atoms with E-state index >= 15 is 0 Å². The highest BCUT2D eigenvalue weighted by molar-refractivity contribution is 6.00. The summed E-state index contributed by atoms with van der Waals surface area (Å²) in [6, 6.07) is 12.0. The van der Waals surface area contributed by atoms with Crippen LogP contribution in [-0.4, -0.2) is 86.7 Å². The summed E-state index contributed by atoms with van der Waals surface area (Å²) in [7, 11) is 1.64. The van der Waals surface area contributed by atoms with Crippen LogP contribution in [0.15, 0.2) is 54.7 Å². The molecule has 13 nitrogen and oxygen atoms in total. The van der Waals surface area contributed by atoms with E-state index in [1.807, 2.05) is 52.0 Å². The number of fused-ring (bicyclic) bond motifs is 13. The summed E-state index contributed by atoms with van der Waals surface area (Å²) in [6.45, 7) is 9.55. The number of hydrogen-bond acceptors (Lipinski definition) is 8. The molecule has 2 N–H and O–H groups in total. The monoisotopic (exact) mass is 687 g/mol. The normalized spacial score (nSPS) is 21.4. The van der Waals surface area contributed by atoms with Crippen molar-refractivity contribution in [2.45, 2.75) is 91.2 Å². The average molecular weight is 688 g/mol. The van der Waals surface area contributed by atoms with Crippen LogP contribution in [-0.2, 0) is 34.1 Å². The van der Waals surface area contributed by atoms with Gasteiger partial charge in [-0.2, -0.15) is 0 Å². The minimum atomic E-state index is -0.865. The number of para-hydroxylation sites is 1. The number of amides is 4. The Labute approximate surface area is 293 Å². The van der Waals surface area contributed by atoms with Crippen LogP contribution in [0, 0.1) is 11.8 Å². The zero-order valence-electron chi connectivity index (χ0n) is 29.6. The van der Waals surface area contributed by atoms with Gasteiger partial charge in [-0.1, -0.05) is 57.2 Å². The highest BCUT2D eigenvalue weighted by Crippen LogP contribution is 2.25. The minimum Gasteiger partial charge on any atom is -0.492 e. The number of aromatic nitrogens is 3. The molecule has 3 atom stereocenters. The Morgan fingerprint density at radius 2 is 1.64 bits per heavy atom. The number of rotatable bonds is 4. The van der Waals surface area contributed by atoms with Crippen molar-refractivity contribution < 1.29 is 28.7 Å². The van der Waals surface area contributed by atoms with Crippen molar-refractivity contribution >= 4 is 23.6 Å². The van der Waals surface area contributed by atoms with E-state index in [0.29, 0.717) is 62.6 Å². The lowest BCUT2D eigenvalue weighted by Crippen LogP contribution is -2.57. The number of ether oxygens (including phenoxy) is 2. The van der Waals surface area contributed by atoms with Crippen LogP contribution < -0.4 is 20.1 Å². The number of benzene rings is 2. The standard InChI is InChI=1S/C37H49N7O6/c1-24(2)19-30-36(47)44-16-8-10-31(44)37(48)42(5)32(20-25(3)4)35(46)38-21-26-12-14-28(15-13-26)49-18-17-43-22-27(40-41-43)23-50-33-11-7-6-9-29(33)34(45)39-30/h6-7,9,11-15,22,24-25,30-32H,8,10,16-21,23H2,1-5H3,(H,38,46)(H,39,45)/t30-,31-,32+/m1/s1. The van der Waals surface area contributed by atoms with E-state index in [-0.39, 0.29) is 48.3 Å². The maximum Gasteiger partial charge on any atom is 0.255 e. The van der Waals surface area contributed by atoms with E-state index in [1.165, 1.54) is 4.90 Å². The molecule has 0 aliphatic carbocycles. The quantitative estimate of drug-likeness (QED) is 0.423. The van der Waals surface area contributed by atoms with Crippen LogP contribution in [0.25, 0.3) is 0 Å². The SMILES string of the molecule is CC(C)C[C@H]1NC(=O)c2ccccc2OCc2cn(nn2)CCOc2ccc(cc2)CNC(=O)[C@H](CC(C)C)N(C)C(=O)[C@H]2CCCN2C1=O. The summed E-state index contributed by atoms with van der Waals surface area (Å²) in [4.78, 5) is 58.7. The summed E-state index contributed by atoms with van der Waals surface area (Å²) in [5.41, 5.74) is 1.74. The van der Waals surface area contributed by atoms with Gasteiger partial charge in [0.2, 0.25) is 17.7 Å². The van der Waals surface area contributed by atoms with Gasteiger partial charge in [0.25, 0.3) is 5.91 Å². The smallest absolute Gasteiger partial charge is 0.255 e. The van der Waals surface area contributed by atoms with Crippen molar-refractivity contribution in [2.75, 3.05) is 20.2 Å². The van der Waals surface area contributed by atoms with Crippen LogP contribution in [0.3, 0.4) is 0 Å². The Bertz CT molecular complexity index is 1640. The van der Waals surface area contributed by atoms with Gasteiger partial charge in [-0.05, 0) is 67.3 Å². The third kappa shape index (κ3) is 9.19. The van der Waals surface area contributed by atoms with Gasteiger partial charge in [0.15, 0.2) is 0 Å². The third-order valence-corrected chi connectivity index (χ3v) is 9.02. The number of nitrogens with zero attached hydrogens (tertiary/aromatic N) is 5. The molecule has 1 fully saturated rings. The fourth-order valence-corrected chi connectivity index (χ4v) is 6.41. The number of carbonyl (C=O) groups is 4. The largest absolute Gasteiger partial charge is 0.492 e. The summed E-state index contributed by atoms with van der Waals surface area (Å²) < 4.78 is 13.6. The fourth-order valence-electron chi connectivity index (χ4n) is 6.41. The second-order valence-electron chi connectivity index (χ2n) is 13.9. The van der Waals surface area contributed by atoms with Gasteiger partial charge in [0.05, 0.1) is 18.3 Å². The number of hydrogen-bond donors (Lipinski definition) is 2. The van der Waals surface area contributed by atoms with Crippen molar-refractivity contribution in [1.29, 1.82) is 0 Å². The molecule has 3 aliphatic heterocycles. The van der Waals surface area contributed by atoms with Crippen molar-refractivity contribution in [3.05, 3.63) is 71.5 Å². The molecule has 2 aromatic carbocycles. The Kier molecular flexibility index (Phi) is 12.1. The first-order chi connectivity index (χ1) is 24.0. The zero-order valence-corrected chi connectivity index (χ0v) is 29.6. The fraction of sp³-hybridized carbons (Fsp3) is 0.514. The lowest BCUT2D eigenvalue weighted by Gasteiger charge is -2.35. The number of nitrogens with one attached hydrogen (secondary N) is 2. The average Bonchev–Trinajstić information content (AvgIpc) is 3.77. The lowest BCUT2D eigenvalue weighted by molar-refractivity contribution is -0.148. The summed E-state index contributed by atoms with van der Waals surface area (Å²) in [6.07, 6.45) is 3.72. The second-order valence-corrected chi connectivity index (χ2v) is 13.9. The molecule has 3 aromatic rings. The lowest BCUT2D eigenvalue weighted by atomic mass is 10.00. The Hall–Kier alpha value is -4.94. The topological polar surface area (TPSA) is 148 Å². The molecule has 3 aliphatic rings. The van der Waals surface area contributed by atoms with Gasteiger partial charge in [-0.15, -0.1) is 5.10 Å². The van der Waals surface area contributed by atoms with Gasteiger partial charge >= 0.3 is 0 Å². The van der Waals surface area contributed by atoms with Gasteiger partial charge in [0, 0.05) is 20.1 Å². The first-order valence-electron chi connectivity index (χ1n) is 17.5. The van der Waals surface area contributed by atoms with Crippen molar-refractivity contribution in [3.8, 4) is 11.5 Å². The van der Waals surface area contributed by atoms with Gasteiger partial charge < -0.3 is 29.9 Å². The van der Waals surface area contributed by atoms with Crippen LogP contribution in [0.2, 0.25) is 0 Å². The number of carbonyl (C=O) groups excluding carboxylic acids is 4. The summed E-state index contributed by atoms with van der Waals surface area (Å²) in [5.74, 6) is -0.0784. The Morgan fingerprint density at radius 3 is 2.38 bits per heavy atom. The van der Waals surface area contributed by atoms with Gasteiger partial charge in [-0.25, -0.2) is 4.68 Å². The van der Waals surface area contributed by atoms with Crippen LogP contribution >= 0.6 is 0 Å². The molecule has 4 bridgehead atoms. The van der Waals surface area contributed by atoms with Crippen molar-refractivity contribution in [2.24, 2.45) is 11.8 Å².